The van der Waals surface area contributed by atoms with Crippen molar-refractivity contribution in [2.75, 3.05) is 6.54 Å². The molecule has 0 radical (unpaired) electrons. The summed E-state index contributed by atoms with van der Waals surface area (Å²) in [5.41, 5.74) is 0. The summed E-state index contributed by atoms with van der Waals surface area (Å²) in [5, 5.41) is 5.94. The van der Waals surface area contributed by atoms with E-state index in [4.69, 9.17) is 0 Å². The molecule has 19 heavy (non-hydrogen) atoms. The third-order valence-electron chi connectivity index (χ3n) is 4.01. The third kappa shape index (κ3) is 7.12. The normalized spacial score (nSPS) is 13.1. The quantitative estimate of drug-likeness (QED) is 0.583. The monoisotopic (exact) mass is 281 g/mol. The van der Waals surface area contributed by atoms with Gasteiger partial charge in [-0.2, -0.15) is 0 Å². The molecule has 0 aliphatic carbocycles. The Labute approximate surface area is 123 Å². The maximum absolute atomic E-state index is 3.75. The first-order valence-corrected chi connectivity index (χ1v) is 8.93. The minimum atomic E-state index is 0.727. The van der Waals surface area contributed by atoms with Crippen LogP contribution in [0.25, 0.3) is 0 Å². The van der Waals surface area contributed by atoms with Crippen LogP contribution < -0.4 is 5.32 Å². The Bertz CT molecular complexity index is 290. The van der Waals surface area contributed by atoms with Gasteiger partial charge in [0.25, 0.3) is 0 Å². The highest BCUT2D eigenvalue weighted by atomic mass is 32.1. The van der Waals surface area contributed by atoms with Gasteiger partial charge in [-0.05, 0) is 56.0 Å². The molecule has 1 aromatic rings. The van der Waals surface area contributed by atoms with E-state index >= 15 is 0 Å². The number of hydrogen-bond acceptors (Lipinski definition) is 2. The van der Waals surface area contributed by atoms with E-state index in [2.05, 4.69) is 43.6 Å². The molecule has 110 valence electrons. The lowest BCUT2D eigenvalue weighted by Gasteiger charge is -2.23. The zero-order valence-electron chi connectivity index (χ0n) is 13.0. The van der Waals surface area contributed by atoms with Gasteiger partial charge >= 0.3 is 0 Å². The smallest absolute Gasteiger partial charge is 0.00698 e. The van der Waals surface area contributed by atoms with E-state index in [0.717, 1.165) is 12.0 Å². The van der Waals surface area contributed by atoms with Crippen molar-refractivity contribution < 1.29 is 0 Å². The molecule has 0 saturated carbocycles. The van der Waals surface area contributed by atoms with E-state index in [1.807, 2.05) is 11.3 Å². The van der Waals surface area contributed by atoms with Crippen molar-refractivity contribution in [1.29, 1.82) is 0 Å². The van der Waals surface area contributed by atoms with Gasteiger partial charge in [-0.15, -0.1) is 11.3 Å². The Hall–Kier alpha value is -0.340. The number of aryl methyl sites for hydroxylation is 1. The summed E-state index contributed by atoms with van der Waals surface area (Å²) >= 11 is 1.89. The molecular weight excluding hydrogens is 250 g/mol. The molecule has 1 aromatic heterocycles. The van der Waals surface area contributed by atoms with Gasteiger partial charge in [0.15, 0.2) is 0 Å². The highest BCUT2D eigenvalue weighted by Gasteiger charge is 2.13. The molecule has 1 rings (SSSR count). The largest absolute Gasteiger partial charge is 0.314 e. The first-order valence-electron chi connectivity index (χ1n) is 8.05. The highest BCUT2D eigenvalue weighted by Crippen LogP contribution is 2.19. The van der Waals surface area contributed by atoms with Gasteiger partial charge in [0.1, 0.15) is 0 Å². The minimum Gasteiger partial charge on any atom is -0.314 e. The number of rotatable bonds is 11. The van der Waals surface area contributed by atoms with Crippen LogP contribution in [0.2, 0.25) is 0 Å². The van der Waals surface area contributed by atoms with Crippen LogP contribution in [0.4, 0.5) is 0 Å². The second kappa shape index (κ2) is 10.4. The van der Waals surface area contributed by atoms with Gasteiger partial charge in [-0.3, -0.25) is 0 Å². The van der Waals surface area contributed by atoms with Gasteiger partial charge < -0.3 is 5.32 Å². The minimum absolute atomic E-state index is 0.727. The van der Waals surface area contributed by atoms with E-state index < -0.39 is 0 Å². The van der Waals surface area contributed by atoms with Crippen molar-refractivity contribution in [3.63, 3.8) is 0 Å². The average molecular weight is 282 g/mol. The van der Waals surface area contributed by atoms with Crippen molar-refractivity contribution in [3.05, 3.63) is 22.4 Å². The van der Waals surface area contributed by atoms with Crippen molar-refractivity contribution in [2.45, 2.75) is 71.8 Å². The molecule has 2 heteroatoms. The Kier molecular flexibility index (Phi) is 9.19. The molecule has 0 spiro atoms. The van der Waals surface area contributed by atoms with Gasteiger partial charge in [-0.1, -0.05) is 39.7 Å². The molecule has 1 N–H and O–H groups in total. The molecule has 0 aliphatic heterocycles. The first-order chi connectivity index (χ1) is 9.30. The lowest BCUT2D eigenvalue weighted by molar-refractivity contribution is 0.347. The first kappa shape index (κ1) is 16.7. The lowest BCUT2D eigenvalue weighted by Crippen LogP contribution is -2.31. The van der Waals surface area contributed by atoms with Crippen LogP contribution in [0.5, 0.6) is 0 Å². The van der Waals surface area contributed by atoms with Gasteiger partial charge in [0, 0.05) is 10.9 Å². The SMILES string of the molecule is CCCNC(CCCc1cccs1)CC(CC)CC. The Morgan fingerprint density at radius 1 is 1.21 bits per heavy atom. The van der Waals surface area contributed by atoms with Gasteiger partial charge in [-0.25, -0.2) is 0 Å². The molecule has 0 bridgehead atoms. The standard InChI is InChI=1S/C17H31NS/c1-4-12-18-16(14-15(5-2)6-3)9-7-10-17-11-8-13-19-17/h8,11,13,15-16,18H,4-7,9-10,12,14H2,1-3H3. The molecule has 1 heterocycles. The van der Waals surface area contributed by atoms with E-state index in [1.165, 1.54) is 56.4 Å². The van der Waals surface area contributed by atoms with E-state index in [-0.39, 0.29) is 0 Å². The van der Waals surface area contributed by atoms with E-state index in [0.29, 0.717) is 0 Å². The Morgan fingerprint density at radius 2 is 2.00 bits per heavy atom. The van der Waals surface area contributed by atoms with Crippen LogP contribution in [0.3, 0.4) is 0 Å². The molecule has 1 atom stereocenters. The molecule has 0 aliphatic rings. The molecule has 1 unspecified atom stereocenters. The van der Waals surface area contributed by atoms with Crippen LogP contribution >= 0.6 is 11.3 Å². The fourth-order valence-electron chi connectivity index (χ4n) is 2.65. The fourth-order valence-corrected chi connectivity index (χ4v) is 3.40. The van der Waals surface area contributed by atoms with Crippen LogP contribution in [0.15, 0.2) is 17.5 Å². The maximum atomic E-state index is 3.75. The molecule has 0 amide bonds. The third-order valence-corrected chi connectivity index (χ3v) is 4.95. The van der Waals surface area contributed by atoms with E-state index in [9.17, 15) is 0 Å². The predicted molar refractivity (Wildman–Crippen MR) is 88.0 cm³/mol. The predicted octanol–water partition coefficient (Wildman–Crippen LogP) is 5.27. The summed E-state index contributed by atoms with van der Waals surface area (Å²) in [6.45, 7) is 8.09. The topological polar surface area (TPSA) is 12.0 Å². The summed E-state index contributed by atoms with van der Waals surface area (Å²) in [7, 11) is 0. The lowest BCUT2D eigenvalue weighted by atomic mass is 9.92. The highest BCUT2D eigenvalue weighted by molar-refractivity contribution is 7.09. The zero-order valence-corrected chi connectivity index (χ0v) is 13.8. The second-order valence-electron chi connectivity index (χ2n) is 5.54. The number of thiophene rings is 1. The molecule has 1 nitrogen and oxygen atoms in total. The summed E-state index contributed by atoms with van der Waals surface area (Å²) in [6, 6.07) is 5.15. The van der Waals surface area contributed by atoms with Gasteiger partial charge in [0.2, 0.25) is 0 Å². The number of nitrogens with one attached hydrogen (secondary N) is 1. The van der Waals surface area contributed by atoms with Crippen LogP contribution in [-0.4, -0.2) is 12.6 Å². The van der Waals surface area contributed by atoms with Crippen molar-refractivity contribution in [2.24, 2.45) is 5.92 Å². The summed E-state index contributed by atoms with van der Waals surface area (Å²) in [4.78, 5) is 1.54. The van der Waals surface area contributed by atoms with Crippen molar-refractivity contribution >= 4 is 11.3 Å². The Morgan fingerprint density at radius 3 is 2.58 bits per heavy atom. The summed E-state index contributed by atoms with van der Waals surface area (Å²) in [6.07, 6.45) is 9.15. The average Bonchev–Trinajstić information content (AvgIpc) is 2.94. The summed E-state index contributed by atoms with van der Waals surface area (Å²) in [5.74, 6) is 0.899. The van der Waals surface area contributed by atoms with E-state index in [1.54, 1.807) is 0 Å². The molecule has 0 fully saturated rings. The Balaban J connectivity index is 2.31. The van der Waals surface area contributed by atoms with Crippen LogP contribution in [-0.2, 0) is 6.42 Å². The van der Waals surface area contributed by atoms with Crippen LogP contribution in [0.1, 0.15) is 64.2 Å². The second-order valence-corrected chi connectivity index (χ2v) is 6.57. The van der Waals surface area contributed by atoms with Crippen LogP contribution in [0, 0.1) is 5.92 Å². The zero-order chi connectivity index (χ0) is 13.9. The molecule has 0 aromatic carbocycles. The fraction of sp³-hybridized carbons (Fsp3) is 0.765. The summed E-state index contributed by atoms with van der Waals surface area (Å²) < 4.78 is 0. The molecule has 0 saturated heterocycles. The van der Waals surface area contributed by atoms with Crippen molar-refractivity contribution in [1.82, 2.24) is 5.32 Å². The van der Waals surface area contributed by atoms with Gasteiger partial charge in [0.05, 0.1) is 0 Å². The number of hydrogen-bond donors (Lipinski definition) is 1. The van der Waals surface area contributed by atoms with Crippen molar-refractivity contribution in [3.8, 4) is 0 Å². The molecular formula is C17H31NS. The maximum Gasteiger partial charge on any atom is 0.00698 e.